The molecule has 3 N–H and O–H groups in total. The van der Waals surface area contributed by atoms with Crippen LogP contribution >= 0.6 is 11.6 Å². The fourth-order valence-electron chi connectivity index (χ4n) is 1.68. The van der Waals surface area contributed by atoms with Crippen LogP contribution in [-0.2, 0) is 4.79 Å². The average molecular weight is 331 g/mol. The molecule has 0 aliphatic rings. The van der Waals surface area contributed by atoms with E-state index in [4.69, 9.17) is 16.7 Å². The third-order valence-corrected chi connectivity index (χ3v) is 3.66. The van der Waals surface area contributed by atoms with Crippen molar-refractivity contribution in [2.75, 3.05) is 13.2 Å². The van der Waals surface area contributed by atoms with E-state index in [0.717, 1.165) is 12.1 Å². The Morgan fingerprint density at radius 1 is 1.36 bits per heavy atom. The molecular formula is C15H20ClFN2O3. The highest BCUT2D eigenvalue weighted by molar-refractivity contribution is 6.33. The van der Waals surface area contributed by atoms with Gasteiger partial charge in [-0.05, 0) is 31.0 Å². The van der Waals surface area contributed by atoms with Crippen molar-refractivity contribution in [1.29, 1.82) is 0 Å². The largest absolute Gasteiger partial charge is 0.396 e. The lowest BCUT2D eigenvalue weighted by molar-refractivity contribution is -0.121. The van der Waals surface area contributed by atoms with E-state index in [2.05, 4.69) is 10.6 Å². The van der Waals surface area contributed by atoms with Crippen molar-refractivity contribution in [3.63, 3.8) is 0 Å². The Balaban J connectivity index is 2.40. The molecule has 0 spiro atoms. The number of hydrogen-bond acceptors (Lipinski definition) is 3. The molecule has 1 aromatic carbocycles. The molecule has 22 heavy (non-hydrogen) atoms. The fraction of sp³-hybridized carbons (Fsp3) is 0.467. The van der Waals surface area contributed by atoms with Gasteiger partial charge in [0.15, 0.2) is 0 Å². The first-order chi connectivity index (χ1) is 10.3. The molecule has 0 saturated heterocycles. The summed E-state index contributed by atoms with van der Waals surface area (Å²) in [4.78, 5) is 23.5. The van der Waals surface area contributed by atoms with Crippen LogP contribution in [0, 0.1) is 11.7 Å². The lowest BCUT2D eigenvalue weighted by Gasteiger charge is -2.19. The maximum absolute atomic E-state index is 12.9. The van der Waals surface area contributed by atoms with E-state index in [1.54, 1.807) is 6.92 Å². The standard InChI is InChI=1S/C15H20ClFN2O3/c1-9(8-20)10(2)19-14(21)5-6-18-15(22)12-4-3-11(17)7-13(12)16/h3-4,7,9-10,20H,5-6,8H2,1-2H3,(H,18,22)(H,19,21). The third kappa shape index (κ3) is 5.61. The number of rotatable bonds is 7. The second-order valence-corrected chi connectivity index (χ2v) is 5.55. The van der Waals surface area contributed by atoms with Crippen molar-refractivity contribution in [3.8, 4) is 0 Å². The van der Waals surface area contributed by atoms with Crippen molar-refractivity contribution in [3.05, 3.63) is 34.6 Å². The van der Waals surface area contributed by atoms with Gasteiger partial charge >= 0.3 is 0 Å². The summed E-state index contributed by atoms with van der Waals surface area (Å²) in [6, 6.07) is 3.34. The van der Waals surface area contributed by atoms with Crippen LogP contribution in [0.15, 0.2) is 18.2 Å². The number of benzene rings is 1. The molecule has 0 aliphatic carbocycles. The van der Waals surface area contributed by atoms with E-state index in [-0.39, 0.29) is 48.0 Å². The van der Waals surface area contributed by atoms with Crippen LogP contribution in [0.1, 0.15) is 30.6 Å². The molecule has 1 rings (SSSR count). The van der Waals surface area contributed by atoms with Gasteiger partial charge < -0.3 is 15.7 Å². The summed E-state index contributed by atoms with van der Waals surface area (Å²) in [6.45, 7) is 3.75. The number of aliphatic hydroxyl groups excluding tert-OH is 1. The normalized spacial score (nSPS) is 13.3. The van der Waals surface area contributed by atoms with Crippen LogP contribution in [0.3, 0.4) is 0 Å². The van der Waals surface area contributed by atoms with E-state index >= 15 is 0 Å². The lowest BCUT2D eigenvalue weighted by Crippen LogP contribution is -2.39. The van der Waals surface area contributed by atoms with Crippen molar-refractivity contribution >= 4 is 23.4 Å². The second-order valence-electron chi connectivity index (χ2n) is 5.15. The van der Waals surface area contributed by atoms with Gasteiger partial charge in [-0.25, -0.2) is 4.39 Å². The molecule has 0 bridgehead atoms. The van der Waals surface area contributed by atoms with Crippen molar-refractivity contribution < 1.29 is 19.1 Å². The first-order valence-corrected chi connectivity index (χ1v) is 7.36. The summed E-state index contributed by atoms with van der Waals surface area (Å²) >= 11 is 5.78. The predicted octanol–water partition coefficient (Wildman–Crippen LogP) is 1.73. The Morgan fingerprint density at radius 3 is 2.64 bits per heavy atom. The van der Waals surface area contributed by atoms with Gasteiger partial charge in [-0.15, -0.1) is 0 Å². The van der Waals surface area contributed by atoms with E-state index in [0.29, 0.717) is 0 Å². The number of carbonyl (C=O) groups is 2. The number of amides is 2. The maximum atomic E-state index is 12.9. The van der Waals surface area contributed by atoms with Crippen LogP contribution in [-0.4, -0.2) is 36.1 Å². The van der Waals surface area contributed by atoms with Gasteiger partial charge in [0.05, 0.1) is 10.6 Å². The number of nitrogens with one attached hydrogen (secondary N) is 2. The van der Waals surface area contributed by atoms with Crippen molar-refractivity contribution in [2.24, 2.45) is 5.92 Å². The minimum Gasteiger partial charge on any atom is -0.396 e. The Morgan fingerprint density at radius 2 is 2.05 bits per heavy atom. The number of carbonyl (C=O) groups excluding carboxylic acids is 2. The van der Waals surface area contributed by atoms with Crippen LogP contribution in [0.5, 0.6) is 0 Å². The summed E-state index contributed by atoms with van der Waals surface area (Å²) in [5.41, 5.74) is 0.158. The summed E-state index contributed by atoms with van der Waals surface area (Å²) in [5, 5.41) is 14.3. The maximum Gasteiger partial charge on any atom is 0.252 e. The summed E-state index contributed by atoms with van der Waals surface area (Å²) in [5.74, 6) is -1.25. The van der Waals surface area contributed by atoms with Gasteiger partial charge in [0.1, 0.15) is 5.82 Å². The molecule has 122 valence electrons. The molecule has 0 saturated carbocycles. The summed E-state index contributed by atoms with van der Waals surface area (Å²) in [6.07, 6.45) is 0.104. The van der Waals surface area contributed by atoms with Crippen molar-refractivity contribution in [1.82, 2.24) is 10.6 Å². The zero-order valence-electron chi connectivity index (χ0n) is 12.5. The van der Waals surface area contributed by atoms with Gasteiger partial charge in [0.25, 0.3) is 5.91 Å². The van der Waals surface area contributed by atoms with Gasteiger partial charge in [-0.3, -0.25) is 9.59 Å². The van der Waals surface area contributed by atoms with Crippen molar-refractivity contribution in [2.45, 2.75) is 26.3 Å². The molecule has 1 aromatic rings. The monoisotopic (exact) mass is 330 g/mol. The van der Waals surface area contributed by atoms with Gasteiger partial charge in [0.2, 0.25) is 5.91 Å². The van der Waals surface area contributed by atoms with E-state index in [1.807, 2.05) is 6.92 Å². The van der Waals surface area contributed by atoms with Crippen LogP contribution < -0.4 is 10.6 Å². The van der Waals surface area contributed by atoms with Crippen LogP contribution in [0.2, 0.25) is 5.02 Å². The zero-order valence-corrected chi connectivity index (χ0v) is 13.3. The molecule has 2 atom stereocenters. The van der Waals surface area contributed by atoms with Gasteiger partial charge in [-0.1, -0.05) is 18.5 Å². The summed E-state index contributed by atoms with van der Waals surface area (Å²) in [7, 11) is 0. The molecule has 0 aliphatic heterocycles. The predicted molar refractivity (Wildman–Crippen MR) is 82.2 cm³/mol. The summed E-state index contributed by atoms with van der Waals surface area (Å²) < 4.78 is 12.9. The average Bonchev–Trinajstić information content (AvgIpc) is 2.45. The molecule has 0 aromatic heterocycles. The molecule has 0 fully saturated rings. The molecular weight excluding hydrogens is 311 g/mol. The quantitative estimate of drug-likeness (QED) is 0.712. The molecule has 7 heteroatoms. The van der Waals surface area contributed by atoms with Gasteiger partial charge in [0, 0.05) is 25.6 Å². The smallest absolute Gasteiger partial charge is 0.252 e. The Labute approximate surface area is 133 Å². The highest BCUT2D eigenvalue weighted by Crippen LogP contribution is 2.16. The highest BCUT2D eigenvalue weighted by Gasteiger charge is 2.15. The molecule has 0 heterocycles. The topological polar surface area (TPSA) is 78.4 Å². The molecule has 2 amide bonds. The second kappa shape index (κ2) is 8.70. The Bertz CT molecular complexity index is 540. The first kappa shape index (κ1) is 18.4. The fourth-order valence-corrected chi connectivity index (χ4v) is 1.94. The third-order valence-electron chi connectivity index (χ3n) is 3.34. The lowest BCUT2D eigenvalue weighted by atomic mass is 10.1. The SMILES string of the molecule is CC(CO)C(C)NC(=O)CCNC(=O)c1ccc(F)cc1Cl. The zero-order chi connectivity index (χ0) is 16.7. The molecule has 2 unspecified atom stereocenters. The van der Waals surface area contributed by atoms with E-state index in [1.165, 1.54) is 6.07 Å². The number of hydrogen-bond donors (Lipinski definition) is 3. The minimum absolute atomic E-state index is 0.0127. The van der Waals surface area contributed by atoms with Crippen LogP contribution in [0.4, 0.5) is 4.39 Å². The molecule has 5 nitrogen and oxygen atoms in total. The minimum atomic E-state index is -0.520. The number of halogens is 2. The van der Waals surface area contributed by atoms with Gasteiger partial charge in [-0.2, -0.15) is 0 Å². The Hall–Kier alpha value is -1.66. The highest BCUT2D eigenvalue weighted by atomic mass is 35.5. The number of aliphatic hydroxyl groups is 1. The first-order valence-electron chi connectivity index (χ1n) is 6.98. The van der Waals surface area contributed by atoms with E-state index in [9.17, 15) is 14.0 Å². The Kier molecular flexibility index (Phi) is 7.27. The van der Waals surface area contributed by atoms with Crippen LogP contribution in [0.25, 0.3) is 0 Å². The molecule has 0 radical (unpaired) electrons. The van der Waals surface area contributed by atoms with E-state index < -0.39 is 11.7 Å².